The fraction of sp³-hybridized carbons (Fsp3) is 0.667. The van der Waals surface area contributed by atoms with E-state index in [0.717, 1.165) is 10.6 Å². The normalized spacial score (nSPS) is 12.1. The summed E-state index contributed by atoms with van der Waals surface area (Å²) in [5.74, 6) is 0. The lowest BCUT2D eigenvalue weighted by Gasteiger charge is -2.05. The third kappa shape index (κ3) is 4.46. The number of halogens is 3. The van der Waals surface area contributed by atoms with Crippen LogP contribution in [0.15, 0.2) is 0 Å². The standard InChI is InChI=1S/C9H13F3N2OS/c1-6-7(3-13-2)16-8(14-6)4-15-5-9(10,11)12/h13H,3-5H2,1-2H3. The number of nitrogens with one attached hydrogen (secondary N) is 1. The molecule has 0 aliphatic heterocycles. The fourth-order valence-corrected chi connectivity index (χ4v) is 2.15. The number of aryl methyl sites for hydroxylation is 1. The molecule has 1 N–H and O–H groups in total. The maximum absolute atomic E-state index is 11.8. The van der Waals surface area contributed by atoms with E-state index in [1.807, 2.05) is 6.92 Å². The summed E-state index contributed by atoms with van der Waals surface area (Å²) in [6.45, 7) is 1.18. The van der Waals surface area contributed by atoms with Gasteiger partial charge in [0, 0.05) is 11.4 Å². The van der Waals surface area contributed by atoms with Gasteiger partial charge >= 0.3 is 6.18 Å². The zero-order valence-electron chi connectivity index (χ0n) is 9.02. The van der Waals surface area contributed by atoms with Crippen LogP contribution in [0.5, 0.6) is 0 Å². The van der Waals surface area contributed by atoms with Crippen molar-refractivity contribution in [2.75, 3.05) is 13.7 Å². The van der Waals surface area contributed by atoms with Crippen molar-refractivity contribution in [1.29, 1.82) is 0 Å². The average Bonchev–Trinajstić information content (AvgIpc) is 2.46. The van der Waals surface area contributed by atoms with E-state index in [1.165, 1.54) is 11.3 Å². The Bertz CT molecular complexity index is 338. The summed E-state index contributed by atoms with van der Waals surface area (Å²) in [4.78, 5) is 5.16. The predicted molar refractivity (Wildman–Crippen MR) is 55.3 cm³/mol. The van der Waals surface area contributed by atoms with Crippen LogP contribution in [-0.2, 0) is 17.9 Å². The molecule has 0 aromatic carbocycles. The second-order valence-corrected chi connectivity index (χ2v) is 4.42. The molecule has 0 amide bonds. The first-order valence-corrected chi connectivity index (χ1v) is 5.48. The first kappa shape index (κ1) is 13.4. The Morgan fingerprint density at radius 1 is 1.44 bits per heavy atom. The summed E-state index contributed by atoms with van der Waals surface area (Å²) in [5.41, 5.74) is 0.838. The quantitative estimate of drug-likeness (QED) is 0.875. The van der Waals surface area contributed by atoms with Crippen LogP contribution in [0.2, 0.25) is 0 Å². The molecule has 16 heavy (non-hydrogen) atoms. The summed E-state index contributed by atoms with van der Waals surface area (Å²) in [7, 11) is 1.80. The van der Waals surface area contributed by atoms with Crippen LogP contribution in [0.25, 0.3) is 0 Å². The first-order chi connectivity index (χ1) is 7.42. The topological polar surface area (TPSA) is 34.1 Å². The lowest BCUT2D eigenvalue weighted by atomic mass is 10.4. The van der Waals surface area contributed by atoms with Gasteiger partial charge in [-0.15, -0.1) is 11.3 Å². The van der Waals surface area contributed by atoms with E-state index in [0.29, 0.717) is 11.6 Å². The SMILES string of the molecule is CNCc1sc(COCC(F)(F)F)nc1C. The third-order valence-electron chi connectivity index (χ3n) is 1.77. The van der Waals surface area contributed by atoms with Gasteiger partial charge in [-0.2, -0.15) is 13.2 Å². The Kier molecular flexibility index (Phi) is 4.69. The molecule has 0 saturated heterocycles. The molecular formula is C9H13F3N2OS. The van der Waals surface area contributed by atoms with Gasteiger partial charge in [0.05, 0.1) is 12.3 Å². The smallest absolute Gasteiger partial charge is 0.365 e. The molecule has 0 aliphatic carbocycles. The van der Waals surface area contributed by atoms with Gasteiger partial charge in [0.2, 0.25) is 0 Å². The van der Waals surface area contributed by atoms with Gasteiger partial charge in [0.15, 0.2) is 0 Å². The molecular weight excluding hydrogens is 241 g/mol. The third-order valence-corrected chi connectivity index (χ3v) is 2.90. The Labute approximate surface area is 95.6 Å². The van der Waals surface area contributed by atoms with E-state index in [4.69, 9.17) is 0 Å². The molecule has 0 radical (unpaired) electrons. The van der Waals surface area contributed by atoms with Gasteiger partial charge < -0.3 is 10.1 Å². The van der Waals surface area contributed by atoms with Crippen molar-refractivity contribution >= 4 is 11.3 Å². The molecule has 1 rings (SSSR count). The molecule has 0 aliphatic rings. The van der Waals surface area contributed by atoms with Crippen LogP contribution in [0.1, 0.15) is 15.6 Å². The largest absolute Gasteiger partial charge is 0.411 e. The van der Waals surface area contributed by atoms with Crippen molar-refractivity contribution in [3.8, 4) is 0 Å². The van der Waals surface area contributed by atoms with Crippen LogP contribution in [-0.4, -0.2) is 24.8 Å². The van der Waals surface area contributed by atoms with Gasteiger partial charge in [0.25, 0.3) is 0 Å². The highest BCUT2D eigenvalue weighted by Crippen LogP contribution is 2.20. The number of aromatic nitrogens is 1. The summed E-state index contributed by atoms with van der Waals surface area (Å²) in [6, 6.07) is 0. The second kappa shape index (κ2) is 5.60. The number of ether oxygens (including phenoxy) is 1. The molecule has 0 unspecified atom stereocenters. The van der Waals surface area contributed by atoms with Crippen LogP contribution in [0, 0.1) is 6.92 Å². The van der Waals surface area contributed by atoms with Crippen molar-refractivity contribution in [2.45, 2.75) is 26.3 Å². The molecule has 0 fully saturated rings. The minimum Gasteiger partial charge on any atom is -0.365 e. The van der Waals surface area contributed by atoms with Gasteiger partial charge in [-0.3, -0.25) is 0 Å². The predicted octanol–water partition coefficient (Wildman–Crippen LogP) is 2.25. The van der Waals surface area contributed by atoms with Crippen LogP contribution >= 0.6 is 11.3 Å². The molecule has 1 aromatic rings. The van der Waals surface area contributed by atoms with Gasteiger partial charge in [-0.05, 0) is 14.0 Å². The average molecular weight is 254 g/mol. The van der Waals surface area contributed by atoms with E-state index in [1.54, 1.807) is 7.05 Å². The lowest BCUT2D eigenvalue weighted by molar-refractivity contribution is -0.176. The maximum atomic E-state index is 11.8. The van der Waals surface area contributed by atoms with Crippen molar-refractivity contribution in [3.05, 3.63) is 15.6 Å². The monoisotopic (exact) mass is 254 g/mol. The minimum atomic E-state index is -4.28. The summed E-state index contributed by atoms with van der Waals surface area (Å²) >= 11 is 1.37. The molecule has 0 atom stereocenters. The Balaban J connectivity index is 2.46. The second-order valence-electron chi connectivity index (χ2n) is 3.25. The van der Waals surface area contributed by atoms with Crippen LogP contribution < -0.4 is 5.32 Å². The summed E-state index contributed by atoms with van der Waals surface area (Å²) < 4.78 is 40.0. The van der Waals surface area contributed by atoms with Gasteiger partial charge in [0.1, 0.15) is 11.6 Å². The lowest BCUT2D eigenvalue weighted by Crippen LogP contribution is -2.16. The minimum absolute atomic E-state index is 0.0886. The summed E-state index contributed by atoms with van der Waals surface area (Å²) in [6.07, 6.45) is -4.28. The number of thiazole rings is 1. The highest BCUT2D eigenvalue weighted by molar-refractivity contribution is 7.11. The van der Waals surface area contributed by atoms with E-state index in [-0.39, 0.29) is 6.61 Å². The highest BCUT2D eigenvalue weighted by Gasteiger charge is 2.27. The molecule has 0 saturated carbocycles. The molecule has 1 aromatic heterocycles. The van der Waals surface area contributed by atoms with Crippen molar-refractivity contribution in [2.24, 2.45) is 0 Å². The number of alkyl halides is 3. The molecule has 1 heterocycles. The zero-order valence-corrected chi connectivity index (χ0v) is 9.84. The number of rotatable bonds is 5. The van der Waals surface area contributed by atoms with Crippen molar-refractivity contribution in [3.63, 3.8) is 0 Å². The van der Waals surface area contributed by atoms with Crippen molar-refractivity contribution < 1.29 is 17.9 Å². The Morgan fingerprint density at radius 2 is 2.12 bits per heavy atom. The number of hydrogen-bond acceptors (Lipinski definition) is 4. The molecule has 3 nitrogen and oxygen atoms in total. The number of nitrogens with zero attached hydrogens (tertiary/aromatic N) is 1. The highest BCUT2D eigenvalue weighted by atomic mass is 32.1. The van der Waals surface area contributed by atoms with Gasteiger partial charge in [-0.25, -0.2) is 4.98 Å². The first-order valence-electron chi connectivity index (χ1n) is 4.66. The molecule has 7 heteroatoms. The van der Waals surface area contributed by atoms with E-state index >= 15 is 0 Å². The van der Waals surface area contributed by atoms with Crippen LogP contribution in [0.3, 0.4) is 0 Å². The molecule has 92 valence electrons. The summed E-state index contributed by atoms with van der Waals surface area (Å²) in [5, 5.41) is 3.54. The van der Waals surface area contributed by atoms with E-state index in [2.05, 4.69) is 15.0 Å². The van der Waals surface area contributed by atoms with E-state index in [9.17, 15) is 13.2 Å². The Hall–Kier alpha value is -0.660. The van der Waals surface area contributed by atoms with E-state index < -0.39 is 12.8 Å². The van der Waals surface area contributed by atoms with Gasteiger partial charge in [-0.1, -0.05) is 0 Å². The molecule has 0 bridgehead atoms. The number of hydrogen-bond donors (Lipinski definition) is 1. The van der Waals surface area contributed by atoms with Crippen LogP contribution in [0.4, 0.5) is 13.2 Å². The van der Waals surface area contributed by atoms with Crippen molar-refractivity contribution in [1.82, 2.24) is 10.3 Å². The zero-order chi connectivity index (χ0) is 12.2. The Morgan fingerprint density at radius 3 is 2.69 bits per heavy atom. The maximum Gasteiger partial charge on any atom is 0.411 e. The molecule has 0 spiro atoms. The fourth-order valence-electron chi connectivity index (χ4n) is 1.13.